The molecule has 0 aliphatic rings. The van der Waals surface area contributed by atoms with Gasteiger partial charge in [-0.25, -0.2) is 0 Å². The zero-order valence-electron chi connectivity index (χ0n) is 11.9. The van der Waals surface area contributed by atoms with Gasteiger partial charge in [0.05, 0.1) is 4.92 Å². The van der Waals surface area contributed by atoms with Crippen molar-refractivity contribution in [1.29, 1.82) is 0 Å². The van der Waals surface area contributed by atoms with Gasteiger partial charge in [0, 0.05) is 28.6 Å². The number of aryl methyl sites for hydroxylation is 1. The highest BCUT2D eigenvalue weighted by Gasteiger charge is 2.18. The van der Waals surface area contributed by atoms with Crippen molar-refractivity contribution in [2.45, 2.75) is 33.2 Å². The molecule has 1 unspecified atom stereocenters. The van der Waals surface area contributed by atoms with E-state index in [0.29, 0.717) is 22.4 Å². The topological polar surface area (TPSA) is 72.2 Å². The number of nitrogens with zero attached hydrogens (tertiary/aromatic N) is 1. The number of halogens is 1. The third-order valence-electron chi connectivity index (χ3n) is 2.95. The van der Waals surface area contributed by atoms with Gasteiger partial charge in [-0.1, -0.05) is 35.8 Å². The predicted octanol–water partition coefficient (Wildman–Crippen LogP) is 3.44. The monoisotopic (exact) mass is 342 g/mol. The summed E-state index contributed by atoms with van der Waals surface area (Å²) in [4.78, 5) is 22.5. The van der Waals surface area contributed by atoms with Gasteiger partial charge in [0.2, 0.25) is 0 Å². The average molecular weight is 343 g/mol. The minimum atomic E-state index is -0.470. The molecule has 5 nitrogen and oxygen atoms in total. The summed E-state index contributed by atoms with van der Waals surface area (Å²) in [5.41, 5.74) is 0.833. The Morgan fingerprint density at radius 1 is 1.45 bits per heavy atom. The van der Waals surface area contributed by atoms with Crippen molar-refractivity contribution >= 4 is 27.5 Å². The number of rotatable bonds is 6. The highest BCUT2D eigenvalue weighted by atomic mass is 79.9. The maximum atomic E-state index is 12.1. The quantitative estimate of drug-likeness (QED) is 0.489. The van der Waals surface area contributed by atoms with Gasteiger partial charge in [-0.05, 0) is 25.3 Å². The number of benzene rings is 1. The maximum absolute atomic E-state index is 12.1. The van der Waals surface area contributed by atoms with Crippen molar-refractivity contribution in [2.75, 3.05) is 5.33 Å². The third-order valence-corrected chi connectivity index (χ3v) is 3.73. The second-order valence-corrected chi connectivity index (χ2v) is 5.86. The molecule has 0 saturated carbocycles. The second kappa shape index (κ2) is 7.38. The van der Waals surface area contributed by atoms with Crippen molar-refractivity contribution in [3.05, 3.63) is 39.4 Å². The van der Waals surface area contributed by atoms with Crippen molar-refractivity contribution in [1.82, 2.24) is 5.32 Å². The summed E-state index contributed by atoms with van der Waals surface area (Å²) >= 11 is 3.37. The van der Waals surface area contributed by atoms with Gasteiger partial charge in [0.1, 0.15) is 0 Å². The minimum Gasteiger partial charge on any atom is -0.348 e. The molecule has 1 rings (SSSR count). The summed E-state index contributed by atoms with van der Waals surface area (Å²) in [6, 6.07) is 4.55. The Hall–Kier alpha value is -1.43. The number of alkyl halides is 1. The summed E-state index contributed by atoms with van der Waals surface area (Å²) in [7, 11) is 0. The Kier molecular flexibility index (Phi) is 6.13. The number of nitrogens with one attached hydrogen (secondary N) is 1. The first-order chi connectivity index (χ1) is 9.35. The Balaban J connectivity index is 2.87. The molecule has 1 N–H and O–H groups in total. The lowest BCUT2D eigenvalue weighted by molar-refractivity contribution is -0.385. The zero-order chi connectivity index (χ0) is 15.3. The second-order valence-electron chi connectivity index (χ2n) is 5.21. The third kappa shape index (κ3) is 4.59. The molecule has 0 heterocycles. The van der Waals surface area contributed by atoms with E-state index in [0.717, 1.165) is 6.42 Å². The summed E-state index contributed by atoms with van der Waals surface area (Å²) in [6.07, 6.45) is 0.852. The van der Waals surface area contributed by atoms with Crippen LogP contribution in [0.1, 0.15) is 36.2 Å². The molecule has 0 aromatic heterocycles. The van der Waals surface area contributed by atoms with Crippen LogP contribution in [0.25, 0.3) is 0 Å². The maximum Gasteiger partial charge on any atom is 0.273 e. The van der Waals surface area contributed by atoms with Gasteiger partial charge in [-0.15, -0.1) is 0 Å². The molecule has 0 aliphatic heterocycles. The van der Waals surface area contributed by atoms with Crippen molar-refractivity contribution in [2.24, 2.45) is 5.92 Å². The first kappa shape index (κ1) is 16.6. The first-order valence-corrected chi connectivity index (χ1v) is 7.59. The molecule has 6 heteroatoms. The van der Waals surface area contributed by atoms with E-state index in [1.807, 2.05) is 0 Å². The number of nitro groups is 1. The first-order valence-electron chi connectivity index (χ1n) is 6.47. The number of carbonyl (C=O) groups is 1. The smallest absolute Gasteiger partial charge is 0.273 e. The van der Waals surface area contributed by atoms with E-state index in [1.54, 1.807) is 19.1 Å². The number of hydrogen-bond donors (Lipinski definition) is 1. The highest BCUT2D eigenvalue weighted by molar-refractivity contribution is 9.09. The van der Waals surface area contributed by atoms with Crippen LogP contribution in [0.3, 0.4) is 0 Å². The van der Waals surface area contributed by atoms with Gasteiger partial charge in [-0.2, -0.15) is 0 Å². The van der Waals surface area contributed by atoms with Gasteiger partial charge in [-0.3, -0.25) is 14.9 Å². The van der Waals surface area contributed by atoms with E-state index < -0.39 is 4.92 Å². The number of amides is 1. The predicted molar refractivity (Wildman–Crippen MR) is 82.3 cm³/mol. The van der Waals surface area contributed by atoms with E-state index in [4.69, 9.17) is 0 Å². The van der Waals surface area contributed by atoms with Crippen LogP contribution >= 0.6 is 15.9 Å². The lowest BCUT2D eigenvalue weighted by Crippen LogP contribution is -2.37. The Morgan fingerprint density at radius 2 is 2.10 bits per heavy atom. The minimum absolute atomic E-state index is 0.0165. The van der Waals surface area contributed by atoms with Gasteiger partial charge < -0.3 is 5.32 Å². The molecule has 0 fully saturated rings. The zero-order valence-corrected chi connectivity index (χ0v) is 13.4. The molecule has 1 aromatic carbocycles. The Morgan fingerprint density at radius 3 is 2.60 bits per heavy atom. The van der Waals surface area contributed by atoms with Crippen molar-refractivity contribution in [3.8, 4) is 0 Å². The number of nitro benzene ring substituents is 1. The lowest BCUT2D eigenvalue weighted by Gasteiger charge is -2.18. The lowest BCUT2D eigenvalue weighted by atomic mass is 10.0. The number of carbonyl (C=O) groups excluding carboxylic acids is 1. The van der Waals surface area contributed by atoms with E-state index in [9.17, 15) is 14.9 Å². The molecular weight excluding hydrogens is 324 g/mol. The Bertz CT molecular complexity index is 503. The molecule has 0 spiro atoms. The van der Waals surface area contributed by atoms with Gasteiger partial charge in [0.25, 0.3) is 11.6 Å². The molecule has 0 aliphatic carbocycles. The summed E-state index contributed by atoms with van der Waals surface area (Å²) < 4.78 is 0. The fraction of sp³-hybridized carbons (Fsp3) is 0.500. The standard InChI is InChI=1S/C14H19BrN2O3/c1-9(2)6-12(8-15)16-14(18)11-5-4-10(3)13(7-11)17(19)20/h4-5,7,9,12H,6,8H2,1-3H3,(H,16,18). The summed E-state index contributed by atoms with van der Waals surface area (Å²) in [6.45, 7) is 5.82. The molecule has 110 valence electrons. The van der Waals surface area contributed by atoms with Crippen LogP contribution in [0.2, 0.25) is 0 Å². The average Bonchev–Trinajstić information content (AvgIpc) is 2.37. The molecule has 0 saturated heterocycles. The van der Waals surface area contributed by atoms with E-state index >= 15 is 0 Å². The van der Waals surface area contributed by atoms with Crippen LogP contribution in [-0.4, -0.2) is 22.2 Å². The molecule has 1 amide bonds. The largest absolute Gasteiger partial charge is 0.348 e. The Labute approximate surface area is 127 Å². The normalized spacial score (nSPS) is 12.2. The molecular formula is C14H19BrN2O3. The molecule has 1 aromatic rings. The molecule has 0 bridgehead atoms. The van der Waals surface area contributed by atoms with Crippen molar-refractivity contribution < 1.29 is 9.72 Å². The number of hydrogen-bond acceptors (Lipinski definition) is 3. The van der Waals surface area contributed by atoms with Crippen LogP contribution in [0, 0.1) is 23.0 Å². The van der Waals surface area contributed by atoms with E-state index in [2.05, 4.69) is 35.1 Å². The van der Waals surface area contributed by atoms with Crippen LogP contribution in [-0.2, 0) is 0 Å². The fourth-order valence-corrected chi connectivity index (χ4v) is 2.37. The van der Waals surface area contributed by atoms with Gasteiger partial charge >= 0.3 is 0 Å². The van der Waals surface area contributed by atoms with Crippen LogP contribution in [0.4, 0.5) is 5.69 Å². The molecule has 0 radical (unpaired) electrons. The van der Waals surface area contributed by atoms with Crippen LogP contribution < -0.4 is 5.32 Å². The molecule has 20 heavy (non-hydrogen) atoms. The fourth-order valence-electron chi connectivity index (χ4n) is 1.95. The van der Waals surface area contributed by atoms with Crippen LogP contribution in [0.15, 0.2) is 18.2 Å². The molecule has 1 atom stereocenters. The van der Waals surface area contributed by atoms with E-state index in [-0.39, 0.29) is 17.6 Å². The SMILES string of the molecule is Cc1ccc(C(=O)NC(CBr)CC(C)C)cc1[N+](=O)[O-]. The van der Waals surface area contributed by atoms with E-state index in [1.165, 1.54) is 6.07 Å². The van der Waals surface area contributed by atoms with Crippen LogP contribution in [0.5, 0.6) is 0 Å². The summed E-state index contributed by atoms with van der Waals surface area (Å²) in [5.74, 6) is 0.184. The van der Waals surface area contributed by atoms with Crippen molar-refractivity contribution in [3.63, 3.8) is 0 Å². The highest BCUT2D eigenvalue weighted by Crippen LogP contribution is 2.19. The van der Waals surface area contributed by atoms with Gasteiger partial charge in [0.15, 0.2) is 0 Å². The summed E-state index contributed by atoms with van der Waals surface area (Å²) in [5, 5.41) is 14.4.